The lowest BCUT2D eigenvalue weighted by molar-refractivity contribution is -0.141. The molecule has 1 aliphatic heterocycles. The van der Waals surface area contributed by atoms with Crippen LogP contribution in [-0.4, -0.2) is 190 Å². The van der Waals surface area contributed by atoms with Crippen LogP contribution in [0.3, 0.4) is 0 Å². The van der Waals surface area contributed by atoms with Crippen molar-refractivity contribution < 1.29 is 84.9 Å². The quantitative estimate of drug-likeness (QED) is 0.0132. The summed E-state index contributed by atoms with van der Waals surface area (Å²) in [5, 5.41) is 44.4. The van der Waals surface area contributed by atoms with E-state index in [1.54, 1.807) is 6.92 Å². The Morgan fingerprint density at radius 3 is 1.46 bits per heavy atom. The number of ketones is 1. The number of Topliss-reactive ketones (excluding diaryl/α,β-unsaturated/α-hetero) is 1. The maximum atomic E-state index is 15.4. The number of carboxylic acid groups (broad SMARTS) is 1. The van der Waals surface area contributed by atoms with Gasteiger partial charge >= 0.3 is 5.97 Å². The smallest absolute Gasteiger partial charge is 0.327 e. The molecule has 35 heteroatoms. The van der Waals surface area contributed by atoms with Crippen LogP contribution in [0.25, 0.3) is 0 Å². The van der Waals surface area contributed by atoms with Crippen LogP contribution in [0.4, 0.5) is 22.0 Å². The van der Waals surface area contributed by atoms with Crippen molar-refractivity contribution in [2.75, 3.05) is 18.1 Å². The van der Waals surface area contributed by atoms with E-state index in [9.17, 15) is 76.1 Å². The van der Waals surface area contributed by atoms with Gasteiger partial charge in [0, 0.05) is 60.1 Å². The number of nitrogens with one attached hydrogen (secondary N) is 10. The molecule has 2 rings (SSSR count). The molecule has 1 aliphatic rings. The highest BCUT2D eigenvalue weighted by Gasteiger charge is 2.40. The summed E-state index contributed by atoms with van der Waals surface area (Å²) in [6.07, 6.45) is 4.07. The van der Waals surface area contributed by atoms with Gasteiger partial charge in [-0.2, -0.15) is 0 Å². The molecule has 516 valence electrons. The minimum atomic E-state index is -2.57. The van der Waals surface area contributed by atoms with Crippen LogP contribution >= 0.6 is 21.6 Å². The Morgan fingerprint density at radius 1 is 0.527 bits per heavy atom. The second-order valence-electron chi connectivity index (χ2n) is 22.8. The van der Waals surface area contributed by atoms with Gasteiger partial charge in [-0.3, -0.25) is 53.3 Å². The van der Waals surface area contributed by atoms with Gasteiger partial charge in [-0.15, -0.1) is 0 Å². The molecule has 28 nitrogen and oxygen atoms in total. The SMILES string of the molecule is CCCCCCCCCC(=O)CN[C@H](C(=O)N[C@H](C(=O)N[C@H](C(=O)N[C@H]1CSSC[C@@H](C(=O)O)NC(=O)[C@H](C(C)N)NC(=O)[C@H](C(C)N)NC(=O)[C@H](CCCC)NC(=O)[C@H](Cc2c(F)c(F)c(F)c(F)c2F)NC(=O)[C@H](C(C)N)NC1=O)C(C)N)[C@@H](C)O)C(C)N. The van der Waals surface area contributed by atoms with Crippen LogP contribution in [0.1, 0.15) is 132 Å². The van der Waals surface area contributed by atoms with Gasteiger partial charge < -0.3 is 86.7 Å². The second kappa shape index (κ2) is 39.9. The molecule has 1 saturated heterocycles. The Hall–Kier alpha value is -6.34. The number of hydrogen-bond donors (Lipinski definition) is 17. The predicted octanol–water partition coefficient (Wildman–Crippen LogP) is -2.26. The maximum absolute atomic E-state index is 15.4. The van der Waals surface area contributed by atoms with Crippen LogP contribution in [0.15, 0.2) is 0 Å². The summed E-state index contributed by atoms with van der Waals surface area (Å²) >= 11 is 0. The fraction of sp³-hybridized carbons (Fsp3) is 0.696. The van der Waals surface area contributed by atoms with E-state index in [1.807, 2.05) is 0 Å². The molecule has 1 fully saturated rings. The van der Waals surface area contributed by atoms with E-state index in [0.29, 0.717) is 34.4 Å². The number of hydrogen-bond acceptors (Lipinski definition) is 20. The van der Waals surface area contributed by atoms with E-state index >= 15 is 8.78 Å². The number of halogens is 5. The number of aliphatic hydroxyl groups is 1. The number of nitrogens with two attached hydrogens (primary N) is 5. The topological polar surface area (TPSA) is 479 Å². The molecule has 0 saturated carbocycles. The lowest BCUT2D eigenvalue weighted by atomic mass is 10.0. The van der Waals surface area contributed by atoms with Crippen molar-refractivity contribution in [3.63, 3.8) is 0 Å². The van der Waals surface area contributed by atoms with E-state index in [0.717, 1.165) is 52.4 Å². The summed E-state index contributed by atoms with van der Waals surface area (Å²) in [7, 11) is 1.38. The Morgan fingerprint density at radius 2 is 0.956 bits per heavy atom. The monoisotopic (exact) mass is 1340 g/mol. The van der Waals surface area contributed by atoms with Crippen molar-refractivity contribution in [2.45, 2.75) is 229 Å². The van der Waals surface area contributed by atoms with Gasteiger partial charge in [-0.1, -0.05) is 86.8 Å². The Balaban J connectivity index is 2.73. The number of benzene rings is 1. The average Bonchev–Trinajstić information content (AvgIpc) is 0.854. The predicted molar refractivity (Wildman–Crippen MR) is 329 cm³/mol. The highest BCUT2D eigenvalue weighted by Crippen LogP contribution is 2.26. The highest BCUT2D eigenvalue weighted by molar-refractivity contribution is 8.76. The molecule has 0 radical (unpaired) electrons. The molecular weight excluding hydrogens is 1250 g/mol. The summed E-state index contributed by atoms with van der Waals surface area (Å²) in [6.45, 7) is 11.0. The molecule has 0 bridgehead atoms. The molecule has 9 amide bonds. The standard InChI is InChI=1S/C56H92F5N15O13S2/c1-9-11-13-14-15-16-17-18-30(78)21-67-41(24(3)62)50(82)76-46(29(8)77)55(87)75-43(26(5)64)52(84)70-34-22-90-91-23-35(56(88)89)71-53(85)44(27(6)65)74-54(86)45(28(7)66)72-47(79)32(19-12-10-2)68-48(80)33(69-51(83)42(25(4)63)73-49(34)81)20-31-36(57)38(59)40(61)39(60)37(31)58/h24-29,32-35,41-46,67,77H,9-23,62-66H2,1-8H3,(H,68,80)(H,69,83)(H,70,84)(H,71,85)(H,72,79)(H,73,81)(H,74,86)(H,75,87)(H,76,82)(H,88,89)/t24?,25?,26?,27?,28?,29-,32+,33+,34+,35+,41+,42+,43+,44+,45+,46+/m1/s1. The first kappa shape index (κ1) is 80.8. The number of carbonyl (C=O) groups excluding carboxylic acids is 10. The van der Waals surface area contributed by atoms with Crippen molar-refractivity contribution in [3.8, 4) is 0 Å². The normalized spacial score (nSPS) is 23.3. The molecular formula is C56H92F5N15O13S2. The van der Waals surface area contributed by atoms with Gasteiger partial charge in [0.05, 0.1) is 12.6 Å². The number of carboxylic acids is 1. The molecule has 1 aromatic carbocycles. The summed E-state index contributed by atoms with van der Waals surface area (Å²) in [6, 6.07) is -24.5. The van der Waals surface area contributed by atoms with Gasteiger partial charge in [0.2, 0.25) is 59.0 Å². The lowest BCUT2D eigenvalue weighted by Gasteiger charge is -2.30. The van der Waals surface area contributed by atoms with Crippen molar-refractivity contribution >= 4 is 86.5 Å². The van der Waals surface area contributed by atoms with E-state index in [1.165, 1.54) is 27.7 Å². The number of amides is 9. The van der Waals surface area contributed by atoms with E-state index in [-0.39, 0.29) is 31.6 Å². The Labute approximate surface area is 533 Å². The zero-order valence-electron chi connectivity index (χ0n) is 52.3. The van der Waals surface area contributed by atoms with Gasteiger partial charge in [0.15, 0.2) is 23.3 Å². The Bertz CT molecular complexity index is 2640. The Kier molecular flexibility index (Phi) is 35.4. The van der Waals surface area contributed by atoms with Crippen molar-refractivity contribution in [1.82, 2.24) is 53.2 Å². The highest BCUT2D eigenvalue weighted by atomic mass is 33.1. The van der Waals surface area contributed by atoms with Crippen molar-refractivity contribution in [3.05, 3.63) is 34.6 Å². The van der Waals surface area contributed by atoms with Gasteiger partial charge in [-0.05, 0) is 54.4 Å². The zero-order valence-corrected chi connectivity index (χ0v) is 54.0. The molecule has 1 aromatic rings. The molecule has 0 aliphatic carbocycles. The fourth-order valence-corrected chi connectivity index (χ4v) is 11.4. The number of carbonyl (C=O) groups is 11. The molecule has 91 heavy (non-hydrogen) atoms. The zero-order chi connectivity index (χ0) is 69.1. The summed E-state index contributed by atoms with van der Waals surface area (Å²) in [5.41, 5.74) is 29.1. The molecule has 16 atom stereocenters. The number of aliphatic hydroxyl groups excluding tert-OH is 1. The number of aliphatic carboxylic acids is 1. The van der Waals surface area contributed by atoms with Gasteiger partial charge in [0.1, 0.15) is 66.2 Å². The van der Waals surface area contributed by atoms with Crippen molar-refractivity contribution in [2.24, 2.45) is 28.7 Å². The number of unbranched alkanes of at least 4 members (excludes halogenated alkanes) is 7. The molecule has 22 N–H and O–H groups in total. The fourth-order valence-electron chi connectivity index (χ4n) is 9.06. The third-order valence-electron chi connectivity index (χ3n) is 14.5. The van der Waals surface area contributed by atoms with Crippen LogP contribution in [0.2, 0.25) is 0 Å². The minimum absolute atomic E-state index is 0.141. The van der Waals surface area contributed by atoms with E-state index in [2.05, 4.69) is 60.1 Å². The van der Waals surface area contributed by atoms with Crippen LogP contribution < -0.4 is 81.8 Å². The van der Waals surface area contributed by atoms with Crippen LogP contribution in [-0.2, 0) is 59.2 Å². The first-order valence-electron chi connectivity index (χ1n) is 30.0. The number of rotatable bonds is 29. The summed E-state index contributed by atoms with van der Waals surface area (Å²) in [5.74, 6) is -26.2. The van der Waals surface area contributed by atoms with Gasteiger partial charge in [0.25, 0.3) is 0 Å². The molecule has 0 aromatic heterocycles. The first-order chi connectivity index (χ1) is 42.6. The molecule has 5 unspecified atom stereocenters. The first-order valence-corrected chi connectivity index (χ1v) is 32.5. The summed E-state index contributed by atoms with van der Waals surface area (Å²) in [4.78, 5) is 152. The molecule has 0 spiro atoms. The minimum Gasteiger partial charge on any atom is -0.480 e. The lowest BCUT2D eigenvalue weighted by Crippen LogP contribution is -2.65. The maximum Gasteiger partial charge on any atom is 0.327 e. The third-order valence-corrected chi connectivity index (χ3v) is 16.9. The van der Waals surface area contributed by atoms with Crippen molar-refractivity contribution in [1.29, 1.82) is 0 Å². The van der Waals surface area contributed by atoms with E-state index in [4.69, 9.17) is 28.7 Å². The summed E-state index contributed by atoms with van der Waals surface area (Å²) < 4.78 is 74.4. The van der Waals surface area contributed by atoms with Crippen LogP contribution in [0, 0.1) is 29.1 Å². The third kappa shape index (κ3) is 25.9. The average molecular weight is 1340 g/mol. The molecule has 1 heterocycles. The second-order valence-corrected chi connectivity index (χ2v) is 25.3. The van der Waals surface area contributed by atoms with Gasteiger partial charge in [-0.25, -0.2) is 26.7 Å². The van der Waals surface area contributed by atoms with E-state index < -0.39 is 208 Å². The van der Waals surface area contributed by atoms with Crippen LogP contribution in [0.5, 0.6) is 0 Å². The largest absolute Gasteiger partial charge is 0.480 e.